The molecule has 0 bridgehead atoms. The van der Waals surface area contributed by atoms with E-state index in [1.807, 2.05) is 18.2 Å². The van der Waals surface area contributed by atoms with Crippen molar-refractivity contribution in [3.05, 3.63) is 42.1 Å². The molecule has 1 aliphatic rings. The standard InChI is InChI=1S/C15H15N3S2/c1-15(2)13(17-14(19)18-15)20-9-11-8-7-10-5-3-4-6-12(10)16-11/h3-8H,9H2,1-2H3,(H,18,19). The minimum atomic E-state index is -0.168. The van der Waals surface area contributed by atoms with E-state index in [4.69, 9.17) is 12.2 Å². The number of thiocarbonyl (C=S) groups is 1. The zero-order valence-electron chi connectivity index (χ0n) is 11.4. The van der Waals surface area contributed by atoms with Gasteiger partial charge in [-0.05, 0) is 38.2 Å². The molecule has 0 saturated carbocycles. The van der Waals surface area contributed by atoms with Crippen LogP contribution >= 0.6 is 24.0 Å². The van der Waals surface area contributed by atoms with Gasteiger partial charge in [-0.25, -0.2) is 4.99 Å². The topological polar surface area (TPSA) is 37.3 Å². The van der Waals surface area contributed by atoms with Crippen molar-refractivity contribution in [2.24, 2.45) is 4.99 Å². The van der Waals surface area contributed by atoms with Crippen LogP contribution in [0, 0.1) is 0 Å². The Balaban J connectivity index is 1.77. The van der Waals surface area contributed by atoms with Gasteiger partial charge in [0, 0.05) is 11.1 Å². The first-order valence-corrected chi connectivity index (χ1v) is 7.83. The number of nitrogens with one attached hydrogen (secondary N) is 1. The van der Waals surface area contributed by atoms with E-state index in [1.165, 1.54) is 5.39 Å². The minimum Gasteiger partial charge on any atom is -0.350 e. The van der Waals surface area contributed by atoms with E-state index in [0.717, 1.165) is 22.0 Å². The average Bonchev–Trinajstić information content (AvgIpc) is 2.68. The molecule has 0 spiro atoms. The summed E-state index contributed by atoms with van der Waals surface area (Å²) in [6.07, 6.45) is 0. The first-order valence-electron chi connectivity index (χ1n) is 6.43. The highest BCUT2D eigenvalue weighted by atomic mass is 32.2. The number of hydrogen-bond donors (Lipinski definition) is 1. The molecule has 3 nitrogen and oxygen atoms in total. The summed E-state index contributed by atoms with van der Waals surface area (Å²) in [5.41, 5.74) is 1.93. The van der Waals surface area contributed by atoms with E-state index in [9.17, 15) is 0 Å². The number of rotatable bonds is 2. The summed E-state index contributed by atoms with van der Waals surface area (Å²) in [4.78, 5) is 9.06. The summed E-state index contributed by atoms with van der Waals surface area (Å²) >= 11 is 6.81. The van der Waals surface area contributed by atoms with Crippen LogP contribution in [0.25, 0.3) is 10.9 Å². The molecule has 0 unspecified atom stereocenters. The van der Waals surface area contributed by atoms with Gasteiger partial charge >= 0.3 is 0 Å². The van der Waals surface area contributed by atoms with Gasteiger partial charge in [0.1, 0.15) is 5.04 Å². The van der Waals surface area contributed by atoms with Gasteiger partial charge in [-0.3, -0.25) is 4.98 Å². The second-order valence-electron chi connectivity index (χ2n) is 5.26. The molecule has 102 valence electrons. The predicted octanol–water partition coefficient (Wildman–Crippen LogP) is 3.53. The normalized spacial score (nSPS) is 17.1. The molecule has 1 aromatic carbocycles. The summed E-state index contributed by atoms with van der Waals surface area (Å²) in [5, 5.41) is 5.96. The third kappa shape index (κ3) is 2.69. The van der Waals surface area contributed by atoms with E-state index >= 15 is 0 Å². The van der Waals surface area contributed by atoms with Crippen LogP contribution in [0.3, 0.4) is 0 Å². The lowest BCUT2D eigenvalue weighted by molar-refractivity contribution is 0.646. The Morgan fingerprint density at radius 1 is 1.20 bits per heavy atom. The van der Waals surface area contributed by atoms with Gasteiger partial charge in [0.15, 0.2) is 5.11 Å². The molecule has 3 rings (SSSR count). The first kappa shape index (κ1) is 13.5. The molecule has 0 saturated heterocycles. The van der Waals surface area contributed by atoms with E-state index in [-0.39, 0.29) is 5.54 Å². The van der Waals surface area contributed by atoms with E-state index in [1.54, 1.807) is 11.8 Å². The van der Waals surface area contributed by atoms with Crippen molar-refractivity contribution in [1.82, 2.24) is 10.3 Å². The van der Waals surface area contributed by atoms with Crippen molar-refractivity contribution >= 4 is 45.0 Å². The Labute approximate surface area is 127 Å². The average molecular weight is 301 g/mol. The summed E-state index contributed by atoms with van der Waals surface area (Å²) in [7, 11) is 0. The number of pyridine rings is 1. The van der Waals surface area contributed by atoms with Crippen LogP contribution in [0.2, 0.25) is 0 Å². The third-order valence-corrected chi connectivity index (χ3v) is 4.68. The van der Waals surface area contributed by atoms with Crippen LogP contribution in [0.4, 0.5) is 0 Å². The van der Waals surface area contributed by atoms with Gasteiger partial charge in [0.05, 0.1) is 16.7 Å². The highest BCUT2D eigenvalue weighted by Gasteiger charge is 2.31. The van der Waals surface area contributed by atoms with Gasteiger partial charge in [-0.1, -0.05) is 24.3 Å². The monoisotopic (exact) mass is 301 g/mol. The van der Waals surface area contributed by atoms with Crippen LogP contribution in [-0.4, -0.2) is 20.7 Å². The number of aromatic nitrogens is 1. The smallest absolute Gasteiger partial charge is 0.194 e. The van der Waals surface area contributed by atoms with Crippen molar-refractivity contribution in [2.45, 2.75) is 25.1 Å². The quantitative estimate of drug-likeness (QED) is 0.861. The van der Waals surface area contributed by atoms with E-state index < -0.39 is 0 Å². The van der Waals surface area contributed by atoms with Gasteiger partial charge in [-0.2, -0.15) is 0 Å². The van der Waals surface area contributed by atoms with Crippen molar-refractivity contribution in [3.8, 4) is 0 Å². The van der Waals surface area contributed by atoms with Crippen LogP contribution < -0.4 is 5.32 Å². The number of benzene rings is 1. The lowest BCUT2D eigenvalue weighted by Crippen LogP contribution is -2.41. The molecule has 0 amide bonds. The Morgan fingerprint density at radius 3 is 2.75 bits per heavy atom. The molecule has 1 N–H and O–H groups in total. The predicted molar refractivity (Wildman–Crippen MR) is 90.3 cm³/mol. The Kier molecular flexibility index (Phi) is 3.48. The largest absolute Gasteiger partial charge is 0.350 e. The fourth-order valence-corrected chi connectivity index (χ4v) is 3.54. The van der Waals surface area contributed by atoms with Crippen molar-refractivity contribution in [2.75, 3.05) is 0 Å². The van der Waals surface area contributed by atoms with E-state index in [0.29, 0.717) is 5.11 Å². The number of para-hydroxylation sites is 1. The van der Waals surface area contributed by atoms with Gasteiger partial charge in [-0.15, -0.1) is 11.8 Å². The second kappa shape index (κ2) is 5.14. The summed E-state index contributed by atoms with van der Waals surface area (Å²) in [6, 6.07) is 12.3. The number of thioether (sulfide) groups is 1. The number of fused-ring (bicyclic) bond motifs is 1. The van der Waals surface area contributed by atoms with Gasteiger partial charge < -0.3 is 5.32 Å². The molecule has 2 aromatic rings. The molecular weight excluding hydrogens is 286 g/mol. The molecule has 1 aromatic heterocycles. The van der Waals surface area contributed by atoms with Crippen molar-refractivity contribution in [1.29, 1.82) is 0 Å². The lowest BCUT2D eigenvalue weighted by atomic mass is 10.1. The molecule has 0 aliphatic carbocycles. The molecule has 0 radical (unpaired) electrons. The summed E-state index contributed by atoms with van der Waals surface area (Å²) in [5.74, 6) is 0.803. The van der Waals surface area contributed by atoms with Crippen LogP contribution in [0.1, 0.15) is 19.5 Å². The van der Waals surface area contributed by atoms with Crippen molar-refractivity contribution < 1.29 is 0 Å². The molecule has 2 heterocycles. The Hall–Kier alpha value is -1.46. The molecular formula is C15H15N3S2. The lowest BCUT2D eigenvalue weighted by Gasteiger charge is -2.20. The van der Waals surface area contributed by atoms with Crippen LogP contribution in [-0.2, 0) is 5.75 Å². The zero-order valence-corrected chi connectivity index (χ0v) is 13.0. The maximum Gasteiger partial charge on any atom is 0.194 e. The molecule has 1 aliphatic heterocycles. The first-order chi connectivity index (χ1) is 9.54. The Bertz CT molecular complexity index is 707. The summed E-state index contributed by atoms with van der Waals surface area (Å²) in [6.45, 7) is 4.18. The van der Waals surface area contributed by atoms with Crippen LogP contribution in [0.15, 0.2) is 41.4 Å². The maximum atomic E-state index is 5.11. The fourth-order valence-electron chi connectivity index (χ4n) is 2.12. The Morgan fingerprint density at radius 2 is 2.00 bits per heavy atom. The molecule has 5 heteroatoms. The fraction of sp³-hybridized carbons (Fsp3) is 0.267. The molecule has 0 fully saturated rings. The molecule has 20 heavy (non-hydrogen) atoms. The third-order valence-electron chi connectivity index (χ3n) is 3.17. The van der Waals surface area contributed by atoms with E-state index in [2.05, 4.69) is 47.3 Å². The second-order valence-corrected chi connectivity index (χ2v) is 6.61. The molecule has 0 atom stereocenters. The highest BCUT2D eigenvalue weighted by Crippen LogP contribution is 2.25. The van der Waals surface area contributed by atoms with Crippen molar-refractivity contribution in [3.63, 3.8) is 0 Å². The van der Waals surface area contributed by atoms with Crippen LogP contribution in [0.5, 0.6) is 0 Å². The number of aliphatic imine (C=N–C) groups is 1. The highest BCUT2D eigenvalue weighted by molar-refractivity contribution is 8.13. The number of hydrogen-bond acceptors (Lipinski definition) is 3. The van der Waals surface area contributed by atoms with Gasteiger partial charge in [0.2, 0.25) is 0 Å². The zero-order chi connectivity index (χ0) is 14.2. The summed E-state index contributed by atoms with van der Waals surface area (Å²) < 4.78 is 0. The SMILES string of the molecule is CC1(C)NC(=S)N=C1SCc1ccc2ccccc2n1. The van der Waals surface area contributed by atoms with Gasteiger partial charge in [0.25, 0.3) is 0 Å². The maximum absolute atomic E-state index is 5.11. The number of nitrogens with zero attached hydrogens (tertiary/aromatic N) is 2. The minimum absolute atomic E-state index is 0.168.